The van der Waals surface area contributed by atoms with Crippen LogP contribution in [0.4, 0.5) is 0 Å². The number of carbonyl (C=O) groups is 2. The average molecular weight is 368 g/mol. The zero-order valence-corrected chi connectivity index (χ0v) is 16.1. The highest BCUT2D eigenvalue weighted by molar-refractivity contribution is 5.85. The lowest BCUT2D eigenvalue weighted by molar-refractivity contribution is -0.136. The van der Waals surface area contributed by atoms with E-state index >= 15 is 0 Å². The summed E-state index contributed by atoms with van der Waals surface area (Å²) in [7, 11) is 0. The van der Waals surface area contributed by atoms with Crippen molar-refractivity contribution in [3.8, 4) is 0 Å². The lowest BCUT2D eigenvalue weighted by Crippen LogP contribution is -2.54. The third-order valence-electron chi connectivity index (χ3n) is 4.58. The van der Waals surface area contributed by atoms with E-state index in [1.807, 2.05) is 56.0 Å². The second-order valence-electron chi connectivity index (χ2n) is 7.67. The van der Waals surface area contributed by atoms with Crippen LogP contribution in [0.25, 0.3) is 0 Å². The topological polar surface area (TPSA) is 75.4 Å². The Morgan fingerprint density at radius 2 is 1.76 bits per heavy atom. The molecule has 3 N–H and O–H groups in total. The van der Waals surface area contributed by atoms with Crippen molar-refractivity contribution in [3.05, 3.63) is 35.9 Å². The Balaban J connectivity index is 0.00000312. The van der Waals surface area contributed by atoms with Gasteiger partial charge in [-0.3, -0.25) is 9.59 Å². The van der Waals surface area contributed by atoms with Gasteiger partial charge in [-0.1, -0.05) is 51.1 Å². The number of nitrogens with two attached hydrogens (primary N) is 1. The first-order chi connectivity index (χ1) is 11.3. The van der Waals surface area contributed by atoms with E-state index in [2.05, 4.69) is 5.32 Å². The predicted molar refractivity (Wildman–Crippen MR) is 103 cm³/mol. The van der Waals surface area contributed by atoms with Crippen LogP contribution >= 0.6 is 12.4 Å². The van der Waals surface area contributed by atoms with Gasteiger partial charge in [-0.15, -0.1) is 12.4 Å². The third-order valence-corrected chi connectivity index (χ3v) is 4.58. The van der Waals surface area contributed by atoms with E-state index < -0.39 is 6.04 Å². The van der Waals surface area contributed by atoms with Crippen molar-refractivity contribution in [2.24, 2.45) is 11.1 Å². The summed E-state index contributed by atoms with van der Waals surface area (Å²) in [6.07, 6.45) is 1.96. The molecule has 140 valence electrons. The monoisotopic (exact) mass is 367 g/mol. The first-order valence-corrected chi connectivity index (χ1v) is 8.65. The highest BCUT2D eigenvalue weighted by atomic mass is 35.5. The largest absolute Gasteiger partial charge is 0.353 e. The standard InChI is InChI=1S/C19H29N3O2.ClH/c1-19(2,3)17(20)18(24)22-11-9-15(10-12-22)21-16(23)13-14-7-5-4-6-8-14;/h4-8,15,17H,9-13,20H2,1-3H3,(H,21,23);1H/t17-;/m1./s1. The number of amides is 2. The molecule has 0 aromatic heterocycles. The summed E-state index contributed by atoms with van der Waals surface area (Å²) >= 11 is 0. The highest BCUT2D eigenvalue weighted by Crippen LogP contribution is 2.21. The molecule has 0 unspecified atom stereocenters. The molecule has 1 aliphatic rings. The predicted octanol–water partition coefficient (Wildman–Crippen LogP) is 2.13. The van der Waals surface area contributed by atoms with Crippen molar-refractivity contribution in [3.63, 3.8) is 0 Å². The fourth-order valence-electron chi connectivity index (χ4n) is 2.87. The van der Waals surface area contributed by atoms with Crippen LogP contribution < -0.4 is 11.1 Å². The molecule has 0 saturated carbocycles. The van der Waals surface area contributed by atoms with E-state index in [0.717, 1.165) is 18.4 Å². The fourth-order valence-corrected chi connectivity index (χ4v) is 2.87. The molecular formula is C19H30ClN3O2. The van der Waals surface area contributed by atoms with Gasteiger partial charge in [0.25, 0.3) is 0 Å². The first-order valence-electron chi connectivity index (χ1n) is 8.65. The summed E-state index contributed by atoms with van der Waals surface area (Å²) in [5, 5.41) is 3.08. The molecule has 1 fully saturated rings. The number of piperidine rings is 1. The number of hydrogen-bond donors (Lipinski definition) is 2. The lowest BCUT2D eigenvalue weighted by Gasteiger charge is -2.36. The zero-order chi connectivity index (χ0) is 17.7. The molecule has 0 bridgehead atoms. The van der Waals surface area contributed by atoms with E-state index in [1.165, 1.54) is 0 Å². The minimum Gasteiger partial charge on any atom is -0.353 e. The Bertz CT molecular complexity index is 564. The molecule has 1 atom stereocenters. The van der Waals surface area contributed by atoms with Crippen LogP contribution in [0.5, 0.6) is 0 Å². The Morgan fingerprint density at radius 3 is 2.28 bits per heavy atom. The molecule has 1 aromatic rings. The van der Waals surface area contributed by atoms with Crippen LogP contribution in [0.3, 0.4) is 0 Å². The van der Waals surface area contributed by atoms with Gasteiger partial charge in [0.2, 0.25) is 11.8 Å². The summed E-state index contributed by atoms with van der Waals surface area (Å²) in [5.41, 5.74) is 6.84. The molecule has 2 amide bonds. The van der Waals surface area contributed by atoms with Gasteiger partial charge in [0.15, 0.2) is 0 Å². The Morgan fingerprint density at radius 1 is 1.20 bits per heavy atom. The van der Waals surface area contributed by atoms with Gasteiger partial charge in [-0.05, 0) is 23.8 Å². The maximum absolute atomic E-state index is 12.4. The number of benzene rings is 1. The van der Waals surface area contributed by atoms with Crippen LogP contribution in [-0.4, -0.2) is 41.9 Å². The number of carbonyl (C=O) groups excluding carboxylic acids is 2. The summed E-state index contributed by atoms with van der Waals surface area (Å²) in [4.78, 5) is 26.4. The Hall–Kier alpha value is -1.59. The number of nitrogens with zero attached hydrogens (tertiary/aromatic N) is 1. The molecule has 1 heterocycles. The molecule has 1 aliphatic heterocycles. The quantitative estimate of drug-likeness (QED) is 0.856. The van der Waals surface area contributed by atoms with Crippen molar-refractivity contribution in [2.75, 3.05) is 13.1 Å². The van der Waals surface area contributed by atoms with Crippen molar-refractivity contribution < 1.29 is 9.59 Å². The molecule has 0 radical (unpaired) electrons. The average Bonchev–Trinajstić information content (AvgIpc) is 2.54. The van der Waals surface area contributed by atoms with Crippen molar-refractivity contribution in [1.82, 2.24) is 10.2 Å². The number of hydrogen-bond acceptors (Lipinski definition) is 3. The molecular weight excluding hydrogens is 338 g/mol. The maximum atomic E-state index is 12.4. The molecule has 6 heteroatoms. The first kappa shape index (κ1) is 21.5. The van der Waals surface area contributed by atoms with Gasteiger partial charge >= 0.3 is 0 Å². The number of rotatable bonds is 4. The lowest BCUT2D eigenvalue weighted by atomic mass is 9.86. The van der Waals surface area contributed by atoms with Crippen molar-refractivity contribution >= 4 is 24.2 Å². The normalized spacial score (nSPS) is 16.7. The molecule has 0 aliphatic carbocycles. The van der Waals surface area contributed by atoms with Crippen LogP contribution in [0.15, 0.2) is 30.3 Å². The van der Waals surface area contributed by atoms with Crippen molar-refractivity contribution in [1.29, 1.82) is 0 Å². The number of likely N-dealkylation sites (tertiary alicyclic amines) is 1. The van der Waals surface area contributed by atoms with Crippen LogP contribution in [0, 0.1) is 5.41 Å². The van der Waals surface area contributed by atoms with E-state index in [9.17, 15) is 9.59 Å². The third kappa shape index (κ3) is 6.33. The fraction of sp³-hybridized carbons (Fsp3) is 0.579. The van der Waals surface area contributed by atoms with Gasteiger partial charge in [-0.2, -0.15) is 0 Å². The Kier molecular flexibility index (Phi) is 7.90. The van der Waals surface area contributed by atoms with E-state index in [0.29, 0.717) is 19.5 Å². The molecule has 2 rings (SSSR count). The van der Waals surface area contributed by atoms with E-state index in [1.54, 1.807) is 0 Å². The molecule has 1 aromatic carbocycles. The minimum atomic E-state index is -0.485. The summed E-state index contributed by atoms with van der Waals surface area (Å²) in [6, 6.07) is 9.37. The maximum Gasteiger partial charge on any atom is 0.240 e. The zero-order valence-electron chi connectivity index (χ0n) is 15.3. The second-order valence-corrected chi connectivity index (χ2v) is 7.67. The van der Waals surface area contributed by atoms with E-state index in [4.69, 9.17) is 5.73 Å². The van der Waals surface area contributed by atoms with Gasteiger partial charge in [0, 0.05) is 19.1 Å². The highest BCUT2D eigenvalue weighted by Gasteiger charge is 2.33. The SMILES string of the molecule is CC(C)(C)[C@H](N)C(=O)N1CCC(NC(=O)Cc2ccccc2)CC1.Cl. The van der Waals surface area contributed by atoms with Gasteiger partial charge in [0.05, 0.1) is 12.5 Å². The van der Waals surface area contributed by atoms with Crippen LogP contribution in [0.1, 0.15) is 39.2 Å². The van der Waals surface area contributed by atoms with E-state index in [-0.39, 0.29) is 35.7 Å². The Labute approximate surface area is 156 Å². The second kappa shape index (κ2) is 9.20. The van der Waals surface area contributed by atoms with Gasteiger partial charge in [0.1, 0.15) is 0 Å². The summed E-state index contributed by atoms with van der Waals surface area (Å²) < 4.78 is 0. The smallest absolute Gasteiger partial charge is 0.240 e. The minimum absolute atomic E-state index is 0. The van der Waals surface area contributed by atoms with Crippen LogP contribution in [-0.2, 0) is 16.0 Å². The molecule has 0 spiro atoms. The number of halogens is 1. The molecule has 5 nitrogen and oxygen atoms in total. The van der Waals surface area contributed by atoms with Crippen LogP contribution in [0.2, 0.25) is 0 Å². The summed E-state index contributed by atoms with van der Waals surface area (Å²) in [5.74, 6) is 0.0499. The van der Waals surface area contributed by atoms with Crippen molar-refractivity contribution in [2.45, 2.75) is 52.1 Å². The molecule has 25 heavy (non-hydrogen) atoms. The van der Waals surface area contributed by atoms with Gasteiger partial charge in [-0.25, -0.2) is 0 Å². The summed E-state index contributed by atoms with van der Waals surface area (Å²) in [6.45, 7) is 7.24. The van der Waals surface area contributed by atoms with Gasteiger partial charge < -0.3 is 16.0 Å². The molecule has 1 saturated heterocycles. The number of nitrogens with one attached hydrogen (secondary N) is 1.